The zero-order valence-electron chi connectivity index (χ0n) is 23.6. The quantitative estimate of drug-likeness (QED) is 0.154. The summed E-state index contributed by atoms with van der Waals surface area (Å²) in [7, 11) is 1.66. The lowest BCUT2D eigenvalue weighted by Gasteiger charge is -2.12. The molecule has 0 aliphatic rings. The van der Waals surface area contributed by atoms with Crippen LogP contribution in [0.1, 0.15) is 30.7 Å². The minimum Gasteiger partial charge on any atom is -0.497 e. The highest BCUT2D eigenvalue weighted by Gasteiger charge is 2.11. The number of amides is 1. The van der Waals surface area contributed by atoms with Gasteiger partial charge in [0.2, 0.25) is 5.91 Å². The number of benzene rings is 4. The number of aryl methyl sites for hydroxylation is 1. The van der Waals surface area contributed by atoms with Crippen LogP contribution in [0.4, 0.5) is 0 Å². The maximum Gasteiger partial charge on any atom is 0.224 e. The minimum atomic E-state index is 0.0651. The summed E-state index contributed by atoms with van der Waals surface area (Å²) in [5.74, 6) is 2.71. The number of rotatable bonds is 14. The third-order valence-electron chi connectivity index (χ3n) is 7.18. The van der Waals surface area contributed by atoms with Crippen molar-refractivity contribution in [2.75, 3.05) is 20.3 Å². The van der Waals surface area contributed by atoms with E-state index in [1.807, 2.05) is 66.7 Å². The van der Waals surface area contributed by atoms with Crippen molar-refractivity contribution in [2.45, 2.75) is 38.6 Å². The van der Waals surface area contributed by atoms with Crippen molar-refractivity contribution in [3.63, 3.8) is 0 Å². The second-order valence-electron chi connectivity index (χ2n) is 10.1. The molecule has 0 spiro atoms. The van der Waals surface area contributed by atoms with Crippen LogP contribution in [0.3, 0.4) is 0 Å². The van der Waals surface area contributed by atoms with Crippen LogP contribution in [0.2, 0.25) is 0 Å². The van der Waals surface area contributed by atoms with Gasteiger partial charge in [-0.05, 0) is 53.8 Å². The standard InChI is InChI=1S/C35H37N3O3/c1-40-30-13-10-14-31(26-30)41-24-23-38-33-16-8-7-15-32(33)37-34(38)17-6-3-9-22-36-35(39)25-27-18-20-29(21-19-27)28-11-4-2-5-12-28/h2,4-5,7-8,10-16,18-21,26H,3,6,9,17,22-25H2,1H3,(H,36,39). The van der Waals surface area contributed by atoms with Gasteiger partial charge in [0.1, 0.15) is 23.9 Å². The lowest BCUT2D eigenvalue weighted by Crippen LogP contribution is -2.26. The lowest BCUT2D eigenvalue weighted by molar-refractivity contribution is -0.120. The van der Waals surface area contributed by atoms with Gasteiger partial charge < -0.3 is 19.4 Å². The van der Waals surface area contributed by atoms with E-state index in [-0.39, 0.29) is 5.91 Å². The molecule has 210 valence electrons. The van der Waals surface area contributed by atoms with Gasteiger partial charge in [0.15, 0.2) is 0 Å². The topological polar surface area (TPSA) is 65.4 Å². The number of carbonyl (C=O) groups excluding carboxylic acids is 1. The van der Waals surface area contributed by atoms with E-state index < -0.39 is 0 Å². The molecule has 0 atom stereocenters. The van der Waals surface area contributed by atoms with E-state index in [4.69, 9.17) is 14.5 Å². The maximum absolute atomic E-state index is 12.5. The molecule has 0 aliphatic carbocycles. The van der Waals surface area contributed by atoms with Gasteiger partial charge in [0, 0.05) is 19.0 Å². The Bertz CT molecular complexity index is 1540. The molecular formula is C35H37N3O3. The number of unbranched alkanes of at least 4 members (excludes halogenated alkanes) is 2. The molecule has 1 N–H and O–H groups in total. The van der Waals surface area contributed by atoms with E-state index in [0.717, 1.165) is 71.7 Å². The molecule has 0 bridgehead atoms. The van der Waals surface area contributed by atoms with Crippen LogP contribution in [-0.2, 0) is 24.2 Å². The number of aromatic nitrogens is 2. The van der Waals surface area contributed by atoms with Crippen molar-refractivity contribution in [1.82, 2.24) is 14.9 Å². The largest absolute Gasteiger partial charge is 0.497 e. The summed E-state index contributed by atoms with van der Waals surface area (Å²) in [5.41, 5.74) is 5.50. The second kappa shape index (κ2) is 14.2. The summed E-state index contributed by atoms with van der Waals surface area (Å²) >= 11 is 0. The average Bonchev–Trinajstić information content (AvgIpc) is 3.37. The van der Waals surface area contributed by atoms with Crippen molar-refractivity contribution >= 4 is 16.9 Å². The van der Waals surface area contributed by atoms with E-state index >= 15 is 0 Å². The molecule has 0 fully saturated rings. The van der Waals surface area contributed by atoms with Crippen LogP contribution in [-0.4, -0.2) is 35.7 Å². The summed E-state index contributed by atoms with van der Waals surface area (Å²) < 4.78 is 13.6. The van der Waals surface area contributed by atoms with Crippen molar-refractivity contribution in [1.29, 1.82) is 0 Å². The van der Waals surface area contributed by atoms with E-state index in [0.29, 0.717) is 19.6 Å². The Morgan fingerprint density at radius 2 is 1.56 bits per heavy atom. The molecule has 5 rings (SSSR count). The molecule has 0 unspecified atom stereocenters. The maximum atomic E-state index is 12.5. The molecule has 0 aliphatic heterocycles. The summed E-state index contributed by atoms with van der Waals surface area (Å²) in [6, 6.07) is 34.4. The van der Waals surface area contributed by atoms with Crippen molar-refractivity contribution in [3.05, 3.63) is 115 Å². The fraction of sp³-hybridized carbons (Fsp3) is 0.257. The van der Waals surface area contributed by atoms with Gasteiger partial charge in [-0.25, -0.2) is 4.98 Å². The number of hydrogen-bond donors (Lipinski definition) is 1. The predicted octanol–water partition coefficient (Wildman–Crippen LogP) is 6.86. The number of nitrogens with one attached hydrogen (secondary N) is 1. The van der Waals surface area contributed by atoms with E-state index in [9.17, 15) is 4.79 Å². The minimum absolute atomic E-state index is 0.0651. The first-order valence-electron chi connectivity index (χ1n) is 14.3. The third-order valence-corrected chi connectivity index (χ3v) is 7.18. The Morgan fingerprint density at radius 3 is 2.39 bits per heavy atom. The second-order valence-corrected chi connectivity index (χ2v) is 10.1. The molecule has 1 aromatic heterocycles. The Morgan fingerprint density at radius 1 is 0.805 bits per heavy atom. The molecule has 4 aromatic carbocycles. The summed E-state index contributed by atoms with van der Waals surface area (Å²) in [5, 5.41) is 3.08. The Labute approximate surface area is 242 Å². The first-order chi connectivity index (χ1) is 20.2. The van der Waals surface area contributed by atoms with Gasteiger partial charge in [-0.15, -0.1) is 0 Å². The molecule has 0 radical (unpaired) electrons. The van der Waals surface area contributed by atoms with E-state index in [2.05, 4.69) is 46.3 Å². The zero-order valence-corrected chi connectivity index (χ0v) is 23.6. The molecule has 0 saturated heterocycles. The molecule has 0 saturated carbocycles. The Hall–Kier alpha value is -4.58. The van der Waals surface area contributed by atoms with Crippen molar-refractivity contribution in [2.24, 2.45) is 0 Å². The molecular weight excluding hydrogens is 510 g/mol. The Kier molecular flexibility index (Phi) is 9.67. The van der Waals surface area contributed by atoms with Crippen molar-refractivity contribution in [3.8, 4) is 22.6 Å². The lowest BCUT2D eigenvalue weighted by atomic mass is 10.0. The number of para-hydroxylation sites is 2. The summed E-state index contributed by atoms with van der Waals surface area (Å²) in [4.78, 5) is 17.4. The molecule has 6 nitrogen and oxygen atoms in total. The van der Waals surface area contributed by atoms with Crippen LogP contribution in [0.25, 0.3) is 22.2 Å². The van der Waals surface area contributed by atoms with Crippen LogP contribution in [0, 0.1) is 0 Å². The van der Waals surface area contributed by atoms with Crippen LogP contribution >= 0.6 is 0 Å². The third kappa shape index (κ3) is 7.76. The van der Waals surface area contributed by atoms with Gasteiger partial charge in [0.05, 0.1) is 31.1 Å². The number of methoxy groups -OCH3 is 1. The molecule has 1 amide bonds. The van der Waals surface area contributed by atoms with Gasteiger partial charge >= 0.3 is 0 Å². The highest BCUT2D eigenvalue weighted by Crippen LogP contribution is 2.21. The monoisotopic (exact) mass is 547 g/mol. The predicted molar refractivity (Wildman–Crippen MR) is 164 cm³/mol. The summed E-state index contributed by atoms with van der Waals surface area (Å²) in [6.07, 6.45) is 4.26. The van der Waals surface area contributed by atoms with E-state index in [1.165, 1.54) is 5.56 Å². The molecule has 6 heteroatoms. The molecule has 1 heterocycles. The van der Waals surface area contributed by atoms with Crippen LogP contribution in [0.15, 0.2) is 103 Å². The number of imidazole rings is 1. The number of hydrogen-bond acceptors (Lipinski definition) is 4. The van der Waals surface area contributed by atoms with Gasteiger partial charge in [0.25, 0.3) is 0 Å². The zero-order chi connectivity index (χ0) is 28.3. The molecule has 5 aromatic rings. The van der Waals surface area contributed by atoms with Crippen LogP contribution < -0.4 is 14.8 Å². The smallest absolute Gasteiger partial charge is 0.224 e. The first kappa shape index (κ1) is 28.0. The molecule has 41 heavy (non-hydrogen) atoms. The number of ether oxygens (including phenoxy) is 2. The van der Waals surface area contributed by atoms with E-state index in [1.54, 1.807) is 7.11 Å². The normalized spacial score (nSPS) is 11.0. The highest BCUT2D eigenvalue weighted by atomic mass is 16.5. The Balaban J connectivity index is 1.05. The van der Waals surface area contributed by atoms with Gasteiger partial charge in [-0.1, -0.05) is 79.2 Å². The first-order valence-corrected chi connectivity index (χ1v) is 14.3. The fourth-order valence-electron chi connectivity index (χ4n) is 5.02. The SMILES string of the molecule is COc1cccc(OCCn2c(CCCCCNC(=O)Cc3ccc(-c4ccccc4)cc3)nc3ccccc32)c1. The van der Waals surface area contributed by atoms with Gasteiger partial charge in [-0.2, -0.15) is 0 Å². The van der Waals surface area contributed by atoms with Gasteiger partial charge in [-0.3, -0.25) is 4.79 Å². The van der Waals surface area contributed by atoms with Crippen molar-refractivity contribution < 1.29 is 14.3 Å². The number of fused-ring (bicyclic) bond motifs is 1. The summed E-state index contributed by atoms with van der Waals surface area (Å²) in [6.45, 7) is 1.95. The number of nitrogens with zero attached hydrogens (tertiary/aromatic N) is 2. The average molecular weight is 548 g/mol. The fourth-order valence-corrected chi connectivity index (χ4v) is 5.02. The highest BCUT2D eigenvalue weighted by molar-refractivity contribution is 5.79. The number of carbonyl (C=O) groups is 1. The van der Waals surface area contributed by atoms with Crippen LogP contribution in [0.5, 0.6) is 11.5 Å².